The Morgan fingerprint density at radius 1 is 0.667 bits per heavy atom. The van der Waals surface area contributed by atoms with E-state index in [1.54, 1.807) is 24.3 Å². The highest BCUT2D eigenvalue weighted by molar-refractivity contribution is 5.95. The Morgan fingerprint density at radius 3 is 1.84 bits per heavy atom. The van der Waals surface area contributed by atoms with Crippen LogP contribution in [0.1, 0.15) is 49.7 Å². The van der Waals surface area contributed by atoms with Crippen LogP contribution in [0.15, 0.2) is 140 Å². The minimum Gasteiger partial charge on any atom is -0.481 e. The molecule has 226 valence electrons. The number of benzene rings is 5. The number of hydrogen-bond donors (Lipinski definition) is 2. The zero-order valence-electron chi connectivity index (χ0n) is 24.7. The van der Waals surface area contributed by atoms with Gasteiger partial charge in [0, 0.05) is 36.7 Å². The lowest BCUT2D eigenvalue weighted by atomic mass is 9.90. The van der Waals surface area contributed by atoms with E-state index in [0.29, 0.717) is 35.7 Å². The Kier molecular flexibility index (Phi) is 10.4. The van der Waals surface area contributed by atoms with Crippen molar-refractivity contribution in [3.05, 3.63) is 167 Å². The topological polar surface area (TPSA) is 95.9 Å². The summed E-state index contributed by atoms with van der Waals surface area (Å²) in [7, 11) is 0. The Bertz CT molecular complexity index is 1670. The molecule has 0 fully saturated rings. The van der Waals surface area contributed by atoms with Crippen molar-refractivity contribution in [3.8, 4) is 11.5 Å². The van der Waals surface area contributed by atoms with Gasteiger partial charge in [-0.2, -0.15) is 0 Å². The molecular formula is C38H34N2O5. The Balaban J connectivity index is 1.43. The molecule has 0 saturated heterocycles. The molecule has 0 radical (unpaired) electrons. The van der Waals surface area contributed by atoms with Crippen molar-refractivity contribution in [2.45, 2.75) is 18.9 Å². The maximum Gasteiger partial charge on any atom is 0.305 e. The molecule has 45 heavy (non-hydrogen) atoms. The number of carbonyl (C=O) groups is 3. The zero-order chi connectivity index (χ0) is 31.4. The molecule has 5 rings (SSSR count). The molecule has 0 bridgehead atoms. The molecule has 5 aromatic carbocycles. The molecule has 0 saturated carbocycles. The average molecular weight is 599 g/mol. The van der Waals surface area contributed by atoms with Gasteiger partial charge in [-0.15, -0.1) is 0 Å². The first-order valence-corrected chi connectivity index (χ1v) is 14.8. The van der Waals surface area contributed by atoms with Gasteiger partial charge in [-0.05, 0) is 59.2 Å². The number of carboxylic acids is 1. The molecule has 7 heteroatoms. The maximum absolute atomic E-state index is 14.3. The third kappa shape index (κ3) is 8.67. The minimum absolute atomic E-state index is 0.0472. The van der Waals surface area contributed by atoms with Gasteiger partial charge in [-0.3, -0.25) is 14.4 Å². The molecule has 5 aromatic rings. The van der Waals surface area contributed by atoms with Crippen molar-refractivity contribution in [1.29, 1.82) is 0 Å². The van der Waals surface area contributed by atoms with Crippen molar-refractivity contribution in [2.24, 2.45) is 0 Å². The van der Waals surface area contributed by atoms with Crippen LogP contribution in [-0.4, -0.2) is 40.9 Å². The summed E-state index contributed by atoms with van der Waals surface area (Å²) in [5.74, 6) is -0.316. The summed E-state index contributed by atoms with van der Waals surface area (Å²) >= 11 is 0. The number of amides is 2. The van der Waals surface area contributed by atoms with E-state index < -0.39 is 5.97 Å². The summed E-state index contributed by atoms with van der Waals surface area (Å²) < 4.78 is 6.02. The number of carboxylic acid groups (broad SMARTS) is 1. The summed E-state index contributed by atoms with van der Waals surface area (Å²) in [6, 6.07) is 43.9. The van der Waals surface area contributed by atoms with Crippen molar-refractivity contribution in [3.63, 3.8) is 0 Å². The molecule has 0 spiro atoms. The van der Waals surface area contributed by atoms with Crippen LogP contribution in [-0.2, 0) is 11.3 Å². The van der Waals surface area contributed by atoms with E-state index >= 15 is 0 Å². The van der Waals surface area contributed by atoms with Gasteiger partial charge in [0.1, 0.15) is 11.5 Å². The van der Waals surface area contributed by atoms with Crippen molar-refractivity contribution < 1.29 is 24.2 Å². The molecule has 0 aromatic heterocycles. The summed E-state index contributed by atoms with van der Waals surface area (Å²) in [6.45, 7) is 0.763. The predicted molar refractivity (Wildman–Crippen MR) is 173 cm³/mol. The normalized spacial score (nSPS) is 10.7. The number of ether oxygens (including phenoxy) is 1. The van der Waals surface area contributed by atoms with E-state index in [9.17, 15) is 14.4 Å². The summed E-state index contributed by atoms with van der Waals surface area (Å²) in [6.07, 6.45) is -0.150. The number of nitrogens with zero attached hydrogens (tertiary/aromatic N) is 1. The molecular weight excluding hydrogens is 564 g/mol. The van der Waals surface area contributed by atoms with Crippen LogP contribution in [0, 0.1) is 0 Å². The summed E-state index contributed by atoms with van der Waals surface area (Å²) in [5.41, 5.74) is 3.95. The molecule has 0 aliphatic carbocycles. The fourth-order valence-corrected chi connectivity index (χ4v) is 5.08. The van der Waals surface area contributed by atoms with Crippen LogP contribution in [0.5, 0.6) is 11.5 Å². The van der Waals surface area contributed by atoms with E-state index in [2.05, 4.69) is 29.6 Å². The first-order valence-electron chi connectivity index (χ1n) is 14.8. The maximum atomic E-state index is 14.3. The van der Waals surface area contributed by atoms with Crippen LogP contribution in [0.3, 0.4) is 0 Å². The van der Waals surface area contributed by atoms with Crippen molar-refractivity contribution in [1.82, 2.24) is 10.2 Å². The minimum atomic E-state index is -0.975. The highest BCUT2D eigenvalue weighted by Gasteiger charge is 2.24. The van der Waals surface area contributed by atoms with Crippen LogP contribution in [0.2, 0.25) is 0 Å². The van der Waals surface area contributed by atoms with Gasteiger partial charge in [0.05, 0.1) is 6.42 Å². The van der Waals surface area contributed by atoms with Crippen LogP contribution in [0.4, 0.5) is 0 Å². The lowest BCUT2D eigenvalue weighted by molar-refractivity contribution is -0.136. The van der Waals surface area contributed by atoms with Gasteiger partial charge >= 0.3 is 5.97 Å². The summed E-state index contributed by atoms with van der Waals surface area (Å²) in [4.78, 5) is 39.4. The van der Waals surface area contributed by atoms with Crippen LogP contribution < -0.4 is 10.1 Å². The van der Waals surface area contributed by atoms with E-state index in [4.69, 9.17) is 9.84 Å². The third-order valence-electron chi connectivity index (χ3n) is 7.37. The Labute approximate surface area is 262 Å². The second kappa shape index (κ2) is 15.2. The van der Waals surface area contributed by atoms with E-state index in [1.165, 1.54) is 0 Å². The average Bonchev–Trinajstić information content (AvgIpc) is 3.08. The lowest BCUT2D eigenvalue weighted by Gasteiger charge is -2.29. The fraction of sp³-hybridized carbons (Fsp3) is 0.132. The van der Waals surface area contributed by atoms with E-state index in [0.717, 1.165) is 16.7 Å². The first-order chi connectivity index (χ1) is 22.0. The predicted octanol–water partition coefficient (Wildman–Crippen LogP) is 7.16. The number of para-hydroxylation sites is 1. The van der Waals surface area contributed by atoms with Gasteiger partial charge in [-0.1, -0.05) is 97.1 Å². The molecule has 2 amide bonds. The highest BCUT2D eigenvalue weighted by Crippen LogP contribution is 2.28. The van der Waals surface area contributed by atoms with Gasteiger partial charge in [0.15, 0.2) is 0 Å². The second-order valence-electron chi connectivity index (χ2n) is 10.6. The fourth-order valence-electron chi connectivity index (χ4n) is 5.08. The van der Waals surface area contributed by atoms with E-state index in [1.807, 2.05) is 95.9 Å². The highest BCUT2D eigenvalue weighted by atomic mass is 16.5. The summed E-state index contributed by atoms with van der Waals surface area (Å²) in [5, 5.41) is 11.5. The van der Waals surface area contributed by atoms with Crippen molar-refractivity contribution in [2.75, 3.05) is 13.1 Å². The Morgan fingerprint density at radius 2 is 1.24 bits per heavy atom. The first kappa shape index (κ1) is 30.8. The standard InChI is InChI=1S/C38H34N2O5/c41-36(42)23-24-39-37(43)31-21-19-28(20-22-31)26-40(27-35(29-11-4-1-5-12-29)30-13-6-2-7-14-30)38(44)32-15-10-18-34(25-32)45-33-16-8-3-9-17-33/h1-22,25,35H,23-24,26-27H2,(H,39,43)(H,41,42). The van der Waals surface area contributed by atoms with Gasteiger partial charge < -0.3 is 20.1 Å². The molecule has 0 unspecified atom stereocenters. The van der Waals surface area contributed by atoms with Crippen LogP contribution in [0.25, 0.3) is 0 Å². The van der Waals surface area contributed by atoms with Gasteiger partial charge in [0.2, 0.25) is 0 Å². The number of hydrogen-bond acceptors (Lipinski definition) is 4. The Hall–Kier alpha value is -5.69. The lowest BCUT2D eigenvalue weighted by Crippen LogP contribution is -2.34. The monoisotopic (exact) mass is 598 g/mol. The second-order valence-corrected chi connectivity index (χ2v) is 10.6. The molecule has 0 aliphatic heterocycles. The number of nitrogens with one attached hydrogen (secondary N) is 1. The zero-order valence-corrected chi connectivity index (χ0v) is 24.7. The number of rotatable bonds is 13. The molecule has 0 atom stereocenters. The van der Waals surface area contributed by atoms with Gasteiger partial charge in [0.25, 0.3) is 11.8 Å². The van der Waals surface area contributed by atoms with Gasteiger partial charge in [-0.25, -0.2) is 0 Å². The van der Waals surface area contributed by atoms with E-state index in [-0.39, 0.29) is 30.7 Å². The quantitative estimate of drug-likeness (QED) is 0.150. The molecule has 2 N–H and O–H groups in total. The number of aliphatic carboxylic acids is 1. The SMILES string of the molecule is O=C(O)CCNC(=O)c1ccc(CN(CC(c2ccccc2)c2ccccc2)C(=O)c2cccc(Oc3ccccc3)c2)cc1. The smallest absolute Gasteiger partial charge is 0.305 e. The van der Waals surface area contributed by atoms with Crippen molar-refractivity contribution >= 4 is 17.8 Å². The molecule has 0 heterocycles. The molecule has 7 nitrogen and oxygen atoms in total. The molecule has 0 aliphatic rings. The number of carbonyl (C=O) groups excluding carboxylic acids is 2. The largest absolute Gasteiger partial charge is 0.481 e. The van der Waals surface area contributed by atoms with Crippen LogP contribution >= 0.6 is 0 Å². The third-order valence-corrected chi connectivity index (χ3v) is 7.37.